The number of methoxy groups -OCH3 is 1. The molecule has 16 heavy (non-hydrogen) atoms. The summed E-state index contributed by atoms with van der Waals surface area (Å²) < 4.78 is 9.88. The fourth-order valence-corrected chi connectivity index (χ4v) is 1.79. The number of rotatable bonds is 5. The Bertz CT molecular complexity index is 396. The average molecular weight is 244 g/mol. The number of hydrogen-bond acceptors (Lipinski definition) is 5. The standard InChI is InChI=1S/C10H12O5S/c1-6-8(10(13)14-2)3-7(15-6)4-16-5-9(11)12/h3H,4-5H2,1-2H3,(H,11,12). The van der Waals surface area contributed by atoms with Crippen LogP contribution in [-0.2, 0) is 15.3 Å². The molecule has 1 aromatic heterocycles. The van der Waals surface area contributed by atoms with E-state index in [4.69, 9.17) is 9.52 Å². The van der Waals surface area contributed by atoms with Gasteiger partial charge >= 0.3 is 11.9 Å². The predicted octanol–water partition coefficient (Wildman–Crippen LogP) is 1.69. The first kappa shape index (κ1) is 12.6. The van der Waals surface area contributed by atoms with Gasteiger partial charge in [0.1, 0.15) is 17.1 Å². The maximum Gasteiger partial charge on any atom is 0.341 e. The van der Waals surface area contributed by atoms with E-state index in [1.54, 1.807) is 13.0 Å². The van der Waals surface area contributed by atoms with Crippen LogP contribution in [0.1, 0.15) is 21.9 Å². The normalized spacial score (nSPS) is 10.1. The van der Waals surface area contributed by atoms with Gasteiger partial charge in [0.2, 0.25) is 0 Å². The molecular weight excluding hydrogens is 232 g/mol. The minimum atomic E-state index is -0.874. The second kappa shape index (κ2) is 5.60. The number of thioether (sulfide) groups is 1. The highest BCUT2D eigenvalue weighted by molar-refractivity contribution is 7.99. The zero-order chi connectivity index (χ0) is 12.1. The number of carboxylic acids is 1. The highest BCUT2D eigenvalue weighted by Gasteiger charge is 2.15. The van der Waals surface area contributed by atoms with E-state index in [0.29, 0.717) is 22.8 Å². The van der Waals surface area contributed by atoms with Gasteiger partial charge in [-0.05, 0) is 13.0 Å². The Morgan fingerprint density at radius 3 is 2.81 bits per heavy atom. The molecule has 0 saturated carbocycles. The van der Waals surface area contributed by atoms with Gasteiger partial charge in [-0.1, -0.05) is 0 Å². The van der Waals surface area contributed by atoms with E-state index in [2.05, 4.69) is 4.74 Å². The second-order valence-electron chi connectivity index (χ2n) is 3.06. The molecule has 6 heteroatoms. The number of carbonyl (C=O) groups is 2. The van der Waals surface area contributed by atoms with Crippen LogP contribution in [0.3, 0.4) is 0 Å². The molecule has 0 amide bonds. The zero-order valence-corrected chi connectivity index (χ0v) is 9.80. The van der Waals surface area contributed by atoms with E-state index in [-0.39, 0.29) is 5.75 Å². The molecule has 0 spiro atoms. The lowest BCUT2D eigenvalue weighted by atomic mass is 10.2. The largest absolute Gasteiger partial charge is 0.481 e. The lowest BCUT2D eigenvalue weighted by molar-refractivity contribution is -0.133. The molecule has 1 aromatic rings. The van der Waals surface area contributed by atoms with Crippen molar-refractivity contribution in [3.63, 3.8) is 0 Å². The summed E-state index contributed by atoms with van der Waals surface area (Å²) >= 11 is 1.21. The third-order valence-corrected chi connectivity index (χ3v) is 2.78. The molecule has 1 rings (SSSR count). The first-order valence-corrected chi connectivity index (χ1v) is 5.67. The molecule has 88 valence electrons. The number of aliphatic carboxylic acids is 1. The highest BCUT2D eigenvalue weighted by atomic mass is 32.2. The van der Waals surface area contributed by atoms with E-state index in [1.165, 1.54) is 18.9 Å². The topological polar surface area (TPSA) is 76.7 Å². The van der Waals surface area contributed by atoms with E-state index in [1.807, 2.05) is 0 Å². The minimum absolute atomic E-state index is 0.00725. The van der Waals surface area contributed by atoms with Crippen LogP contribution in [-0.4, -0.2) is 29.9 Å². The average Bonchev–Trinajstić information content (AvgIpc) is 2.58. The van der Waals surface area contributed by atoms with Crippen molar-refractivity contribution in [2.24, 2.45) is 0 Å². The van der Waals surface area contributed by atoms with Crippen molar-refractivity contribution in [3.05, 3.63) is 23.2 Å². The van der Waals surface area contributed by atoms with Crippen LogP contribution in [0.2, 0.25) is 0 Å². The number of carbonyl (C=O) groups excluding carboxylic acids is 1. The van der Waals surface area contributed by atoms with Crippen molar-refractivity contribution >= 4 is 23.7 Å². The summed E-state index contributed by atoms with van der Waals surface area (Å²) in [6.07, 6.45) is 0. The monoisotopic (exact) mass is 244 g/mol. The van der Waals surface area contributed by atoms with Crippen molar-refractivity contribution < 1.29 is 23.8 Å². The van der Waals surface area contributed by atoms with Crippen LogP contribution in [0.15, 0.2) is 10.5 Å². The van der Waals surface area contributed by atoms with Crippen LogP contribution in [0.25, 0.3) is 0 Å². The quantitative estimate of drug-likeness (QED) is 0.794. The predicted molar refractivity (Wildman–Crippen MR) is 58.6 cm³/mol. The lowest BCUT2D eigenvalue weighted by Gasteiger charge is -1.93. The number of esters is 1. The van der Waals surface area contributed by atoms with Crippen LogP contribution >= 0.6 is 11.8 Å². The number of hydrogen-bond donors (Lipinski definition) is 1. The molecule has 0 unspecified atom stereocenters. The van der Waals surface area contributed by atoms with E-state index < -0.39 is 11.9 Å². The van der Waals surface area contributed by atoms with Crippen molar-refractivity contribution in [2.45, 2.75) is 12.7 Å². The Balaban J connectivity index is 2.62. The van der Waals surface area contributed by atoms with Gasteiger partial charge in [0.05, 0.1) is 18.6 Å². The zero-order valence-electron chi connectivity index (χ0n) is 8.98. The molecule has 1 heterocycles. The molecule has 0 aliphatic carbocycles. The van der Waals surface area contributed by atoms with Gasteiger partial charge in [-0.15, -0.1) is 11.8 Å². The molecule has 0 aliphatic heterocycles. The van der Waals surface area contributed by atoms with Crippen molar-refractivity contribution in [2.75, 3.05) is 12.9 Å². The molecule has 1 N–H and O–H groups in total. The van der Waals surface area contributed by atoms with Gasteiger partial charge in [-0.25, -0.2) is 4.79 Å². The molecule has 0 bridgehead atoms. The van der Waals surface area contributed by atoms with E-state index >= 15 is 0 Å². The van der Waals surface area contributed by atoms with Crippen LogP contribution in [0.4, 0.5) is 0 Å². The summed E-state index contributed by atoms with van der Waals surface area (Å²) in [5.41, 5.74) is 0.383. The van der Waals surface area contributed by atoms with Crippen molar-refractivity contribution in [1.29, 1.82) is 0 Å². The Kier molecular flexibility index (Phi) is 4.42. The Labute approximate surface area is 96.8 Å². The van der Waals surface area contributed by atoms with Gasteiger partial charge in [0.25, 0.3) is 0 Å². The van der Waals surface area contributed by atoms with Gasteiger partial charge in [0.15, 0.2) is 0 Å². The number of ether oxygens (including phenoxy) is 1. The summed E-state index contributed by atoms with van der Waals surface area (Å²) in [5.74, 6) is 0.163. The first-order chi connectivity index (χ1) is 7.54. The molecule has 0 saturated heterocycles. The molecule has 0 radical (unpaired) electrons. The number of aryl methyl sites for hydroxylation is 1. The minimum Gasteiger partial charge on any atom is -0.481 e. The number of furan rings is 1. The molecule has 0 atom stereocenters. The highest BCUT2D eigenvalue weighted by Crippen LogP contribution is 2.20. The summed E-state index contributed by atoms with van der Waals surface area (Å²) in [6.45, 7) is 1.66. The molecule has 0 aliphatic rings. The molecule has 0 fully saturated rings. The Morgan fingerprint density at radius 2 is 2.25 bits per heavy atom. The fourth-order valence-electron chi connectivity index (χ4n) is 1.17. The fraction of sp³-hybridized carbons (Fsp3) is 0.400. The van der Waals surface area contributed by atoms with Crippen LogP contribution in [0.5, 0.6) is 0 Å². The summed E-state index contributed by atoms with van der Waals surface area (Å²) in [5, 5.41) is 8.45. The SMILES string of the molecule is COC(=O)c1cc(CSCC(=O)O)oc1C. The summed E-state index contributed by atoms with van der Waals surface area (Å²) in [6, 6.07) is 1.58. The third kappa shape index (κ3) is 3.30. The summed E-state index contributed by atoms with van der Waals surface area (Å²) in [7, 11) is 1.30. The van der Waals surface area contributed by atoms with Crippen LogP contribution < -0.4 is 0 Å². The second-order valence-corrected chi connectivity index (χ2v) is 4.05. The van der Waals surface area contributed by atoms with Gasteiger partial charge in [-0.2, -0.15) is 0 Å². The molecular formula is C10H12O5S. The summed E-state index contributed by atoms with van der Waals surface area (Å²) in [4.78, 5) is 21.5. The van der Waals surface area contributed by atoms with Crippen molar-refractivity contribution in [1.82, 2.24) is 0 Å². The molecule has 5 nitrogen and oxygen atoms in total. The Morgan fingerprint density at radius 1 is 1.56 bits per heavy atom. The first-order valence-electron chi connectivity index (χ1n) is 4.51. The third-order valence-electron chi connectivity index (χ3n) is 1.84. The number of carboxylic acid groups (broad SMARTS) is 1. The maximum absolute atomic E-state index is 11.2. The van der Waals surface area contributed by atoms with Gasteiger partial charge < -0.3 is 14.3 Å². The maximum atomic E-state index is 11.2. The van der Waals surface area contributed by atoms with Gasteiger partial charge in [-0.3, -0.25) is 4.79 Å². The molecule has 0 aromatic carbocycles. The Hall–Kier alpha value is -1.43. The van der Waals surface area contributed by atoms with E-state index in [9.17, 15) is 9.59 Å². The van der Waals surface area contributed by atoms with Crippen LogP contribution in [0, 0.1) is 6.92 Å². The smallest absolute Gasteiger partial charge is 0.341 e. The van der Waals surface area contributed by atoms with E-state index in [0.717, 1.165) is 0 Å². The lowest BCUT2D eigenvalue weighted by Crippen LogP contribution is -2.00. The van der Waals surface area contributed by atoms with Crippen molar-refractivity contribution in [3.8, 4) is 0 Å². The van der Waals surface area contributed by atoms with Gasteiger partial charge in [0, 0.05) is 0 Å².